The fourth-order valence-corrected chi connectivity index (χ4v) is 5.37. The number of hydrogen-bond donors (Lipinski definition) is 0. The normalized spacial score (nSPS) is 19.5. The van der Waals surface area contributed by atoms with Crippen molar-refractivity contribution in [2.45, 2.75) is 12.8 Å². The van der Waals surface area contributed by atoms with Gasteiger partial charge in [0.2, 0.25) is 10.0 Å². The third-order valence-corrected chi connectivity index (χ3v) is 7.14. The number of benzene rings is 1. The Kier molecular flexibility index (Phi) is 5.21. The summed E-state index contributed by atoms with van der Waals surface area (Å²) in [6.45, 7) is 3.15. The predicted octanol–water partition coefficient (Wildman–Crippen LogP) is 1.97. The molecule has 1 aromatic heterocycles. The number of pyridine rings is 1. The molecule has 0 spiro atoms. The Labute approximate surface area is 165 Å². The van der Waals surface area contributed by atoms with Crippen LogP contribution in [0.4, 0.5) is 11.5 Å². The zero-order chi connectivity index (χ0) is 19.6. The van der Waals surface area contributed by atoms with Crippen molar-refractivity contribution in [2.24, 2.45) is 0 Å². The minimum Gasteiger partial charge on any atom is -0.353 e. The first kappa shape index (κ1) is 18.7. The molecule has 7 nitrogen and oxygen atoms in total. The summed E-state index contributed by atoms with van der Waals surface area (Å²) in [5.74, 6) is 1.03. The minimum atomic E-state index is -3.29. The number of amides is 1. The van der Waals surface area contributed by atoms with Crippen LogP contribution in [0.1, 0.15) is 23.2 Å². The van der Waals surface area contributed by atoms with Crippen LogP contribution in [0.3, 0.4) is 0 Å². The first-order chi connectivity index (χ1) is 13.5. The number of anilines is 2. The van der Waals surface area contributed by atoms with Crippen molar-refractivity contribution in [1.82, 2.24) is 9.88 Å². The molecule has 2 aromatic rings. The molecule has 2 aliphatic heterocycles. The topological polar surface area (TPSA) is 73.8 Å². The van der Waals surface area contributed by atoms with Gasteiger partial charge < -0.3 is 9.80 Å². The number of nitrogens with zero attached hydrogens (tertiary/aromatic N) is 4. The lowest BCUT2D eigenvalue weighted by atomic mass is 10.1. The van der Waals surface area contributed by atoms with Gasteiger partial charge in [-0.3, -0.25) is 9.10 Å². The number of sulfonamides is 1. The summed E-state index contributed by atoms with van der Waals surface area (Å²) in [6, 6.07) is 12.8. The van der Waals surface area contributed by atoms with Crippen molar-refractivity contribution in [3.05, 3.63) is 54.2 Å². The molecule has 2 saturated heterocycles. The average Bonchev–Trinajstić information content (AvgIpc) is 2.74. The second kappa shape index (κ2) is 7.79. The van der Waals surface area contributed by atoms with Crippen LogP contribution in [0.25, 0.3) is 0 Å². The van der Waals surface area contributed by atoms with Gasteiger partial charge in [-0.05, 0) is 43.2 Å². The first-order valence-electron chi connectivity index (χ1n) is 9.60. The van der Waals surface area contributed by atoms with Crippen molar-refractivity contribution < 1.29 is 13.2 Å². The summed E-state index contributed by atoms with van der Waals surface area (Å²) in [6.07, 6.45) is 3.30. The number of piperazine rings is 1. The van der Waals surface area contributed by atoms with Crippen LogP contribution < -0.4 is 9.21 Å². The molecule has 4 rings (SSSR count). The molecule has 0 atom stereocenters. The Morgan fingerprint density at radius 3 is 2.46 bits per heavy atom. The summed E-state index contributed by atoms with van der Waals surface area (Å²) in [4.78, 5) is 21.3. The molecule has 0 unspecified atom stereocenters. The van der Waals surface area contributed by atoms with E-state index < -0.39 is 10.0 Å². The third kappa shape index (κ3) is 3.82. The Bertz CT molecular complexity index is 941. The molecular weight excluding hydrogens is 376 g/mol. The van der Waals surface area contributed by atoms with Gasteiger partial charge in [-0.25, -0.2) is 13.4 Å². The number of carbonyl (C=O) groups excluding carboxylic acids is 1. The lowest BCUT2D eigenvalue weighted by Crippen LogP contribution is -2.49. The van der Waals surface area contributed by atoms with Crippen molar-refractivity contribution >= 4 is 27.4 Å². The molecule has 148 valence electrons. The van der Waals surface area contributed by atoms with E-state index in [1.807, 2.05) is 23.1 Å². The lowest BCUT2D eigenvalue weighted by molar-refractivity contribution is 0.0746. The van der Waals surface area contributed by atoms with Crippen molar-refractivity contribution in [3.8, 4) is 0 Å². The molecule has 0 bridgehead atoms. The quantitative estimate of drug-likeness (QED) is 0.788. The maximum Gasteiger partial charge on any atom is 0.254 e. The highest BCUT2D eigenvalue weighted by molar-refractivity contribution is 7.92. The van der Waals surface area contributed by atoms with Gasteiger partial charge in [0.15, 0.2) is 0 Å². The number of aromatic nitrogens is 1. The Morgan fingerprint density at radius 2 is 1.75 bits per heavy atom. The van der Waals surface area contributed by atoms with Crippen LogP contribution in [-0.4, -0.2) is 62.7 Å². The fraction of sp³-hybridized carbons (Fsp3) is 0.400. The molecule has 2 aliphatic rings. The van der Waals surface area contributed by atoms with Gasteiger partial charge in [0.05, 0.1) is 11.4 Å². The summed E-state index contributed by atoms with van der Waals surface area (Å²) in [7, 11) is -3.29. The molecule has 3 heterocycles. The molecule has 0 N–H and O–H groups in total. The fourth-order valence-electron chi connectivity index (χ4n) is 3.73. The maximum absolute atomic E-state index is 13.0. The molecule has 28 heavy (non-hydrogen) atoms. The number of carbonyl (C=O) groups is 1. The van der Waals surface area contributed by atoms with Gasteiger partial charge in [-0.1, -0.05) is 12.1 Å². The summed E-state index contributed by atoms with van der Waals surface area (Å²) >= 11 is 0. The molecule has 0 saturated carbocycles. The molecule has 1 amide bonds. The maximum atomic E-state index is 13.0. The van der Waals surface area contributed by atoms with Crippen LogP contribution >= 0.6 is 0 Å². The largest absolute Gasteiger partial charge is 0.353 e. The van der Waals surface area contributed by atoms with Crippen LogP contribution in [0.15, 0.2) is 48.7 Å². The molecule has 2 fully saturated rings. The zero-order valence-electron chi connectivity index (χ0n) is 15.7. The van der Waals surface area contributed by atoms with E-state index in [2.05, 4.69) is 9.88 Å². The Hall–Kier alpha value is -2.61. The van der Waals surface area contributed by atoms with E-state index in [-0.39, 0.29) is 11.7 Å². The van der Waals surface area contributed by atoms with E-state index in [1.54, 1.807) is 30.5 Å². The van der Waals surface area contributed by atoms with Crippen LogP contribution in [0, 0.1) is 0 Å². The van der Waals surface area contributed by atoms with Crippen molar-refractivity contribution in [2.75, 3.05) is 47.7 Å². The van der Waals surface area contributed by atoms with E-state index in [4.69, 9.17) is 0 Å². The van der Waals surface area contributed by atoms with Crippen molar-refractivity contribution in [3.63, 3.8) is 0 Å². The highest BCUT2D eigenvalue weighted by Crippen LogP contribution is 2.25. The van der Waals surface area contributed by atoms with Gasteiger partial charge in [0.1, 0.15) is 5.82 Å². The van der Waals surface area contributed by atoms with Crippen LogP contribution in [0.2, 0.25) is 0 Å². The van der Waals surface area contributed by atoms with E-state index in [1.165, 1.54) is 4.31 Å². The Balaban J connectivity index is 1.46. The van der Waals surface area contributed by atoms with E-state index in [0.29, 0.717) is 37.3 Å². The smallest absolute Gasteiger partial charge is 0.254 e. The monoisotopic (exact) mass is 400 g/mol. The van der Waals surface area contributed by atoms with Crippen molar-refractivity contribution in [1.29, 1.82) is 0 Å². The van der Waals surface area contributed by atoms with E-state index in [0.717, 1.165) is 25.3 Å². The predicted molar refractivity (Wildman–Crippen MR) is 109 cm³/mol. The summed E-state index contributed by atoms with van der Waals surface area (Å²) in [5, 5.41) is 0. The highest BCUT2D eigenvalue weighted by atomic mass is 32.2. The first-order valence-corrected chi connectivity index (χ1v) is 11.2. The lowest BCUT2D eigenvalue weighted by Gasteiger charge is -2.35. The average molecular weight is 401 g/mol. The molecular formula is C20H24N4O3S. The van der Waals surface area contributed by atoms with Gasteiger partial charge in [0, 0.05) is 44.5 Å². The van der Waals surface area contributed by atoms with E-state index in [9.17, 15) is 13.2 Å². The molecule has 8 heteroatoms. The molecule has 1 aromatic carbocycles. The summed E-state index contributed by atoms with van der Waals surface area (Å²) in [5.41, 5.74) is 1.11. The van der Waals surface area contributed by atoms with E-state index >= 15 is 0 Å². The zero-order valence-corrected chi connectivity index (χ0v) is 16.5. The van der Waals surface area contributed by atoms with Gasteiger partial charge in [-0.15, -0.1) is 0 Å². The van der Waals surface area contributed by atoms with Crippen LogP contribution in [-0.2, 0) is 10.0 Å². The van der Waals surface area contributed by atoms with Gasteiger partial charge in [-0.2, -0.15) is 0 Å². The minimum absolute atomic E-state index is 0.0584. The molecule has 0 radical (unpaired) electrons. The second-order valence-corrected chi connectivity index (χ2v) is 9.13. The van der Waals surface area contributed by atoms with Crippen LogP contribution in [0.5, 0.6) is 0 Å². The van der Waals surface area contributed by atoms with Gasteiger partial charge in [0.25, 0.3) is 5.91 Å². The number of hydrogen-bond acceptors (Lipinski definition) is 5. The molecule has 0 aliphatic carbocycles. The summed E-state index contributed by atoms with van der Waals surface area (Å²) < 4.78 is 26.1. The van der Waals surface area contributed by atoms with Gasteiger partial charge >= 0.3 is 0 Å². The number of rotatable bonds is 3. The third-order valence-electron chi connectivity index (χ3n) is 5.27. The highest BCUT2D eigenvalue weighted by Gasteiger charge is 2.27. The Morgan fingerprint density at radius 1 is 0.929 bits per heavy atom. The SMILES string of the molecule is O=C(c1cccc(N2CCCCS2(=O)=O)c1)N1CCN(c2ccccn2)CC1. The second-order valence-electron chi connectivity index (χ2n) is 7.11. The standard InChI is InChI=1S/C20H24N4O3S/c25-20(23-13-11-22(12-14-23)19-8-1-2-9-21-19)17-6-5-7-18(16-17)24-10-3-4-15-28(24,26)27/h1-2,5-9,16H,3-4,10-15H2.